The molecule has 5 rings (SSSR count). The number of nitrogens with zero attached hydrogens (tertiary/aromatic N) is 2. The molecule has 2 aromatic rings. The lowest BCUT2D eigenvalue weighted by atomic mass is 9.80. The van der Waals surface area contributed by atoms with E-state index in [1.165, 1.54) is 18.4 Å². The number of hydrogen-bond donors (Lipinski definition) is 3. The zero-order valence-corrected chi connectivity index (χ0v) is 21.8. The molecule has 3 N–H and O–H groups in total. The highest BCUT2D eigenvalue weighted by atomic mass is 19.1. The summed E-state index contributed by atoms with van der Waals surface area (Å²) >= 11 is 0. The van der Waals surface area contributed by atoms with Gasteiger partial charge in [-0.3, -0.25) is 14.4 Å². The van der Waals surface area contributed by atoms with Crippen molar-refractivity contribution in [3.05, 3.63) is 48.2 Å². The summed E-state index contributed by atoms with van der Waals surface area (Å²) < 4.78 is 19.4. The molecule has 2 unspecified atom stereocenters. The van der Waals surface area contributed by atoms with Crippen LogP contribution in [0.2, 0.25) is 0 Å². The summed E-state index contributed by atoms with van der Waals surface area (Å²) in [5, 5.41) is 17.0. The van der Waals surface area contributed by atoms with Crippen LogP contribution in [0.4, 0.5) is 15.8 Å². The second-order valence-corrected chi connectivity index (χ2v) is 11.4. The Kier molecular flexibility index (Phi) is 6.94. The summed E-state index contributed by atoms with van der Waals surface area (Å²) in [5.41, 5.74) is -0.380. The van der Waals surface area contributed by atoms with Crippen LogP contribution in [0, 0.1) is 11.2 Å². The molecule has 1 saturated carbocycles. The van der Waals surface area contributed by atoms with Crippen LogP contribution in [-0.4, -0.2) is 60.1 Å². The maximum atomic E-state index is 14.1. The van der Waals surface area contributed by atoms with Crippen molar-refractivity contribution in [3.63, 3.8) is 0 Å². The van der Waals surface area contributed by atoms with E-state index in [0.29, 0.717) is 43.7 Å². The third kappa shape index (κ3) is 4.89. The number of β-lactam (4-membered cyclic amide) rings is 1. The summed E-state index contributed by atoms with van der Waals surface area (Å²) in [5.74, 6) is -1.09. The van der Waals surface area contributed by atoms with Crippen LogP contribution >= 0.6 is 0 Å². The van der Waals surface area contributed by atoms with Crippen LogP contribution in [0.5, 0.6) is 0 Å². The smallest absolute Gasteiger partial charge is 0.287 e. The summed E-state index contributed by atoms with van der Waals surface area (Å²) in [6.07, 6.45) is 4.61. The first kappa shape index (κ1) is 26.2. The zero-order valence-electron chi connectivity index (χ0n) is 21.8. The lowest BCUT2D eigenvalue weighted by Gasteiger charge is -2.47. The number of anilines is 2. The van der Waals surface area contributed by atoms with Crippen molar-refractivity contribution in [1.82, 2.24) is 10.6 Å². The van der Waals surface area contributed by atoms with E-state index in [0.717, 1.165) is 19.3 Å². The highest BCUT2D eigenvalue weighted by Gasteiger charge is 2.47. The number of benzene rings is 1. The second kappa shape index (κ2) is 10.1. The van der Waals surface area contributed by atoms with Crippen molar-refractivity contribution in [1.29, 1.82) is 0 Å². The van der Waals surface area contributed by atoms with E-state index in [1.54, 1.807) is 23.1 Å². The first-order valence-corrected chi connectivity index (χ1v) is 13.3. The van der Waals surface area contributed by atoms with Gasteiger partial charge in [0.05, 0.1) is 35.2 Å². The number of amides is 3. The van der Waals surface area contributed by atoms with Crippen molar-refractivity contribution < 1.29 is 28.3 Å². The number of carbonyl (C=O) groups is 3. The van der Waals surface area contributed by atoms with E-state index >= 15 is 0 Å². The zero-order chi connectivity index (χ0) is 27.1. The van der Waals surface area contributed by atoms with Crippen LogP contribution in [0.1, 0.15) is 62.9 Å². The fourth-order valence-electron chi connectivity index (χ4n) is 5.86. The largest absolute Gasteiger partial charge is 0.459 e. The summed E-state index contributed by atoms with van der Waals surface area (Å²) in [6, 6.07) is 7.02. The molecule has 3 amide bonds. The van der Waals surface area contributed by atoms with E-state index in [9.17, 15) is 23.9 Å². The molecule has 3 aliphatic rings. The van der Waals surface area contributed by atoms with Crippen molar-refractivity contribution in [2.75, 3.05) is 29.4 Å². The number of carbonyl (C=O) groups excluding carboxylic acids is 3. The molecule has 2 saturated heterocycles. The van der Waals surface area contributed by atoms with Gasteiger partial charge in [-0.05, 0) is 63.4 Å². The van der Waals surface area contributed by atoms with Gasteiger partial charge in [-0.2, -0.15) is 0 Å². The predicted molar refractivity (Wildman–Crippen MR) is 139 cm³/mol. The Morgan fingerprint density at radius 2 is 1.89 bits per heavy atom. The molecule has 38 heavy (non-hydrogen) atoms. The predicted octanol–water partition coefficient (Wildman–Crippen LogP) is 2.98. The minimum atomic E-state index is -1.06. The van der Waals surface area contributed by atoms with E-state index < -0.39 is 34.8 Å². The number of nitrogens with one attached hydrogen (secondary N) is 2. The molecule has 1 aromatic heterocycles. The first-order chi connectivity index (χ1) is 18.1. The summed E-state index contributed by atoms with van der Waals surface area (Å²) in [6.45, 7) is 4.92. The molecule has 0 radical (unpaired) electrons. The van der Waals surface area contributed by atoms with Crippen molar-refractivity contribution in [2.45, 2.75) is 70.1 Å². The number of aliphatic hydroxyl groups excluding tert-OH is 1. The Morgan fingerprint density at radius 3 is 2.53 bits per heavy atom. The van der Waals surface area contributed by atoms with Gasteiger partial charge in [-0.15, -0.1) is 0 Å². The van der Waals surface area contributed by atoms with Crippen LogP contribution in [0.15, 0.2) is 41.0 Å². The van der Waals surface area contributed by atoms with Crippen molar-refractivity contribution in [3.8, 4) is 0 Å². The topological polar surface area (TPSA) is 115 Å². The lowest BCUT2D eigenvalue weighted by Crippen LogP contribution is -2.64. The maximum absolute atomic E-state index is 14.1. The Bertz CT molecular complexity index is 1210. The Labute approximate surface area is 221 Å². The fourth-order valence-corrected chi connectivity index (χ4v) is 5.86. The van der Waals surface area contributed by atoms with Crippen LogP contribution < -0.4 is 20.4 Å². The number of halogens is 1. The molecule has 2 aliphatic heterocycles. The number of rotatable bonds is 6. The van der Waals surface area contributed by atoms with Crippen LogP contribution in [-0.2, 0) is 9.59 Å². The van der Waals surface area contributed by atoms with E-state index in [2.05, 4.69) is 10.6 Å². The quantitative estimate of drug-likeness (QED) is 0.499. The molecule has 1 aromatic carbocycles. The van der Waals surface area contributed by atoms with Crippen molar-refractivity contribution in [2.24, 2.45) is 5.41 Å². The highest BCUT2D eigenvalue weighted by Crippen LogP contribution is 2.41. The molecule has 1 aliphatic carbocycles. The van der Waals surface area contributed by atoms with Gasteiger partial charge in [0, 0.05) is 19.6 Å². The molecule has 3 heterocycles. The van der Waals surface area contributed by atoms with Gasteiger partial charge in [0.15, 0.2) is 5.76 Å². The minimum absolute atomic E-state index is 0.0681. The number of piperidine rings is 1. The van der Waals surface area contributed by atoms with Gasteiger partial charge in [-0.1, -0.05) is 19.3 Å². The molecule has 204 valence electrons. The Morgan fingerprint density at radius 1 is 1.13 bits per heavy atom. The SMILES string of the molecule is CC1(C)CN(c2cc(F)ccc2N2CCC(NC(=O)C3(NC(=O)c4ccco4)CCCCC3)C(O)C2)C1=O. The molecule has 9 nitrogen and oxygen atoms in total. The number of β-amino-alcohol motifs (C(OH)–C–C–N with tert-alkyl or cyclic N) is 1. The van der Waals surface area contributed by atoms with Crippen LogP contribution in [0.25, 0.3) is 0 Å². The average molecular weight is 527 g/mol. The Balaban J connectivity index is 1.27. The third-order valence-corrected chi connectivity index (χ3v) is 8.08. The number of furan rings is 1. The van der Waals surface area contributed by atoms with Gasteiger partial charge in [0.25, 0.3) is 5.91 Å². The molecule has 0 bridgehead atoms. The molecular formula is C28H35FN4O5. The minimum Gasteiger partial charge on any atom is -0.459 e. The van der Waals surface area contributed by atoms with Crippen molar-refractivity contribution >= 4 is 29.1 Å². The summed E-state index contributed by atoms with van der Waals surface area (Å²) in [7, 11) is 0. The van der Waals surface area contributed by atoms with Crippen LogP contribution in [0.3, 0.4) is 0 Å². The van der Waals surface area contributed by atoms with E-state index in [-0.39, 0.29) is 24.1 Å². The Hall–Kier alpha value is -3.40. The fraction of sp³-hybridized carbons (Fsp3) is 0.536. The maximum Gasteiger partial charge on any atom is 0.287 e. The molecular weight excluding hydrogens is 491 g/mol. The van der Waals surface area contributed by atoms with E-state index in [4.69, 9.17) is 4.42 Å². The average Bonchev–Trinajstić information content (AvgIpc) is 3.44. The third-order valence-electron chi connectivity index (χ3n) is 8.08. The van der Waals surface area contributed by atoms with E-state index in [1.807, 2.05) is 18.7 Å². The first-order valence-electron chi connectivity index (χ1n) is 13.3. The standard InChI is InChI=1S/C28H35FN4O5/c1-27(2)17-33(26(27)37)21-15-18(29)8-9-20(21)32-13-10-19(22(34)16-32)30-25(36)28(11-4-3-5-12-28)31-24(35)23-7-6-14-38-23/h6-9,14-15,19,22,34H,3-5,10-13,16-17H2,1-2H3,(H,30,36)(H,31,35). The molecule has 3 fully saturated rings. The summed E-state index contributed by atoms with van der Waals surface area (Å²) in [4.78, 5) is 42.5. The lowest BCUT2D eigenvalue weighted by molar-refractivity contribution is -0.132. The van der Waals surface area contributed by atoms with Gasteiger partial charge in [-0.25, -0.2) is 4.39 Å². The molecule has 0 spiro atoms. The monoisotopic (exact) mass is 526 g/mol. The normalized spacial score (nSPS) is 24.5. The van der Waals surface area contributed by atoms with Gasteiger partial charge < -0.3 is 30.0 Å². The highest BCUT2D eigenvalue weighted by molar-refractivity contribution is 6.06. The van der Waals surface area contributed by atoms with Gasteiger partial charge in [0.1, 0.15) is 11.4 Å². The van der Waals surface area contributed by atoms with Gasteiger partial charge >= 0.3 is 0 Å². The number of aliphatic hydroxyl groups is 1. The molecule has 2 atom stereocenters. The molecule has 10 heteroatoms. The van der Waals surface area contributed by atoms with Gasteiger partial charge in [0.2, 0.25) is 11.8 Å². The second-order valence-electron chi connectivity index (χ2n) is 11.4. The number of hydrogen-bond acceptors (Lipinski definition) is 6.